The van der Waals surface area contributed by atoms with Crippen LogP contribution in [0.3, 0.4) is 0 Å². The van der Waals surface area contributed by atoms with Gasteiger partial charge in [-0.15, -0.1) is 0 Å². The predicted octanol–water partition coefficient (Wildman–Crippen LogP) is 2.89. The molecule has 0 saturated heterocycles. The van der Waals surface area contributed by atoms with Gasteiger partial charge in [-0.2, -0.15) is 5.26 Å². The summed E-state index contributed by atoms with van der Waals surface area (Å²) in [7, 11) is 0. The Morgan fingerprint density at radius 1 is 1.53 bits per heavy atom. The van der Waals surface area contributed by atoms with Gasteiger partial charge in [-0.3, -0.25) is 14.9 Å². The minimum Gasteiger partial charge on any atom is -0.481 e. The molecule has 0 aliphatic heterocycles. The summed E-state index contributed by atoms with van der Waals surface area (Å²) in [6.07, 6.45) is 0. The Morgan fingerprint density at radius 3 is 2.26 bits per heavy atom. The third kappa shape index (κ3) is 6.45. The van der Waals surface area contributed by atoms with Gasteiger partial charge in [-0.1, -0.05) is 23.2 Å². The lowest BCUT2D eigenvalue weighted by Gasteiger charge is -2.05. The van der Waals surface area contributed by atoms with E-state index in [2.05, 4.69) is 0 Å². The zero-order valence-corrected chi connectivity index (χ0v) is 11.1. The first-order valence-corrected chi connectivity index (χ1v) is 5.38. The number of hydrogen-bond acceptors (Lipinski definition) is 5. The summed E-state index contributed by atoms with van der Waals surface area (Å²) in [6.45, 7) is 0.858. The fourth-order valence-electron chi connectivity index (χ4n) is 0.894. The van der Waals surface area contributed by atoms with E-state index in [-0.39, 0.29) is 28.1 Å². The molecule has 0 radical (unpaired) electrons. The quantitative estimate of drug-likeness (QED) is 0.678. The molecule has 0 bridgehead atoms. The van der Waals surface area contributed by atoms with Crippen molar-refractivity contribution in [3.05, 3.63) is 32.3 Å². The van der Waals surface area contributed by atoms with Gasteiger partial charge in [0, 0.05) is 19.1 Å². The average Bonchev–Trinajstić information content (AvgIpc) is 2.26. The van der Waals surface area contributed by atoms with Crippen LogP contribution >= 0.6 is 23.2 Å². The van der Waals surface area contributed by atoms with Gasteiger partial charge in [0.2, 0.25) is 0 Å². The van der Waals surface area contributed by atoms with Crippen molar-refractivity contribution in [2.75, 3.05) is 6.61 Å². The van der Waals surface area contributed by atoms with Crippen LogP contribution in [0.5, 0.6) is 5.75 Å². The second-order valence-corrected chi connectivity index (χ2v) is 3.78. The van der Waals surface area contributed by atoms with Gasteiger partial charge < -0.3 is 9.84 Å². The topological polar surface area (TPSA) is 113 Å². The number of carboxylic acid groups (broad SMARTS) is 1. The normalized spacial score (nSPS) is 8.74. The van der Waals surface area contributed by atoms with Crippen molar-refractivity contribution in [3.63, 3.8) is 0 Å². The monoisotopic (exact) mass is 306 g/mol. The Morgan fingerprint density at radius 2 is 1.95 bits per heavy atom. The van der Waals surface area contributed by atoms with Crippen LogP contribution in [0.2, 0.25) is 10.0 Å². The molecule has 0 atom stereocenters. The number of benzene rings is 1. The first kappa shape index (κ1) is 17.0. The van der Waals surface area contributed by atoms with Crippen molar-refractivity contribution >= 4 is 34.9 Å². The molecular formula is C10H8Cl2N2O5. The van der Waals surface area contributed by atoms with Gasteiger partial charge in [-0.05, 0) is 0 Å². The highest BCUT2D eigenvalue weighted by molar-refractivity contribution is 6.37. The van der Waals surface area contributed by atoms with E-state index in [4.69, 9.17) is 43.1 Å². The Balaban J connectivity index is 0.000000711. The summed E-state index contributed by atoms with van der Waals surface area (Å²) in [5, 5.41) is 26.1. The molecular weight excluding hydrogens is 299 g/mol. The van der Waals surface area contributed by atoms with Crippen molar-refractivity contribution < 1.29 is 19.6 Å². The number of halogens is 2. The smallest absolute Gasteiger partial charge is 0.300 e. The van der Waals surface area contributed by atoms with E-state index in [9.17, 15) is 10.1 Å². The Labute approximate surface area is 118 Å². The third-order valence-corrected chi connectivity index (χ3v) is 2.04. The summed E-state index contributed by atoms with van der Waals surface area (Å²) in [6, 6.07) is 3.96. The average molecular weight is 307 g/mol. The number of aliphatic carboxylic acids is 1. The molecule has 0 aliphatic rings. The molecule has 19 heavy (non-hydrogen) atoms. The molecule has 0 aromatic heterocycles. The maximum atomic E-state index is 10.4. The number of hydrogen-bond donors (Lipinski definition) is 1. The number of carboxylic acids is 1. The zero-order chi connectivity index (χ0) is 15.0. The standard InChI is InChI=1S/C8H4Cl2N2O3.C2H4O2/c9-6-3-5(12(13)14)4-7(10)8(6)15-2-1-11;1-2(3)4/h3-4H,2H2;1H3,(H,3,4). The minimum absolute atomic E-state index is 0.00412. The maximum Gasteiger partial charge on any atom is 0.300 e. The zero-order valence-electron chi connectivity index (χ0n) is 9.59. The van der Waals surface area contributed by atoms with E-state index >= 15 is 0 Å². The molecule has 1 aromatic rings. The molecule has 9 heteroatoms. The van der Waals surface area contributed by atoms with Crippen LogP contribution in [-0.2, 0) is 4.79 Å². The number of ether oxygens (including phenoxy) is 1. The number of carbonyl (C=O) groups is 1. The van der Waals surface area contributed by atoms with E-state index in [1.807, 2.05) is 0 Å². The van der Waals surface area contributed by atoms with Crippen LogP contribution in [0.25, 0.3) is 0 Å². The molecule has 0 heterocycles. The number of non-ortho nitro benzene ring substituents is 1. The second kappa shape index (κ2) is 8.13. The van der Waals surface area contributed by atoms with Gasteiger partial charge in [0.25, 0.3) is 11.7 Å². The number of nitrogens with zero attached hydrogens (tertiary/aromatic N) is 2. The van der Waals surface area contributed by atoms with Crippen molar-refractivity contribution in [2.45, 2.75) is 6.92 Å². The Hall–Kier alpha value is -2.04. The summed E-state index contributed by atoms with van der Waals surface area (Å²) in [5.74, 6) is -0.759. The Bertz CT molecular complexity index is 500. The van der Waals surface area contributed by atoms with Crippen LogP contribution in [0, 0.1) is 21.4 Å². The third-order valence-electron chi connectivity index (χ3n) is 1.47. The first-order valence-electron chi connectivity index (χ1n) is 4.62. The van der Waals surface area contributed by atoms with E-state index < -0.39 is 10.9 Å². The van der Waals surface area contributed by atoms with Crippen molar-refractivity contribution in [3.8, 4) is 11.8 Å². The molecule has 0 fully saturated rings. The minimum atomic E-state index is -0.833. The molecule has 7 nitrogen and oxygen atoms in total. The number of rotatable bonds is 3. The lowest BCUT2D eigenvalue weighted by atomic mass is 10.3. The summed E-state index contributed by atoms with van der Waals surface area (Å²) >= 11 is 11.4. The highest BCUT2D eigenvalue weighted by Crippen LogP contribution is 2.36. The van der Waals surface area contributed by atoms with E-state index in [0.29, 0.717) is 0 Å². The Kier molecular flexibility index (Phi) is 7.26. The molecule has 1 N–H and O–H groups in total. The molecule has 0 unspecified atom stereocenters. The maximum absolute atomic E-state index is 10.4. The van der Waals surface area contributed by atoms with Gasteiger partial charge in [-0.25, -0.2) is 0 Å². The van der Waals surface area contributed by atoms with E-state index in [1.54, 1.807) is 6.07 Å². The van der Waals surface area contributed by atoms with Crippen LogP contribution in [-0.4, -0.2) is 22.6 Å². The summed E-state index contributed by atoms with van der Waals surface area (Å²) in [5.41, 5.74) is -0.227. The summed E-state index contributed by atoms with van der Waals surface area (Å²) < 4.78 is 4.90. The van der Waals surface area contributed by atoms with Gasteiger partial charge in [0.15, 0.2) is 12.4 Å². The van der Waals surface area contributed by atoms with Gasteiger partial charge in [0.05, 0.1) is 15.0 Å². The SMILES string of the molecule is CC(=O)O.N#CCOc1c(Cl)cc([N+](=O)[O-])cc1Cl. The molecule has 0 saturated carbocycles. The van der Waals surface area contributed by atoms with Crippen LogP contribution in [0.1, 0.15) is 6.92 Å². The fourth-order valence-corrected chi connectivity index (χ4v) is 1.48. The van der Waals surface area contributed by atoms with Crippen LogP contribution in [0.4, 0.5) is 5.69 Å². The van der Waals surface area contributed by atoms with Crippen molar-refractivity contribution in [1.29, 1.82) is 5.26 Å². The molecule has 102 valence electrons. The number of nitriles is 1. The van der Waals surface area contributed by atoms with Gasteiger partial charge in [0.1, 0.15) is 6.07 Å². The largest absolute Gasteiger partial charge is 0.481 e. The molecule has 1 rings (SSSR count). The molecule has 1 aromatic carbocycles. The lowest BCUT2D eigenvalue weighted by molar-refractivity contribution is -0.384. The summed E-state index contributed by atoms with van der Waals surface area (Å²) in [4.78, 5) is 18.8. The second-order valence-electron chi connectivity index (χ2n) is 2.96. The number of nitro groups is 1. The fraction of sp³-hybridized carbons (Fsp3) is 0.200. The van der Waals surface area contributed by atoms with Crippen molar-refractivity contribution in [1.82, 2.24) is 0 Å². The van der Waals surface area contributed by atoms with Crippen LogP contribution < -0.4 is 4.74 Å². The van der Waals surface area contributed by atoms with Crippen LogP contribution in [0.15, 0.2) is 12.1 Å². The number of nitro benzene ring substituents is 1. The molecule has 0 amide bonds. The van der Waals surface area contributed by atoms with Crippen molar-refractivity contribution in [2.24, 2.45) is 0 Å². The van der Waals surface area contributed by atoms with E-state index in [1.165, 1.54) is 0 Å². The molecule has 0 spiro atoms. The highest BCUT2D eigenvalue weighted by atomic mass is 35.5. The predicted molar refractivity (Wildman–Crippen MR) is 67.5 cm³/mol. The molecule has 0 aliphatic carbocycles. The van der Waals surface area contributed by atoms with Gasteiger partial charge >= 0.3 is 0 Å². The first-order chi connectivity index (χ1) is 8.79. The lowest BCUT2D eigenvalue weighted by Crippen LogP contribution is -1.96. The van der Waals surface area contributed by atoms with E-state index in [0.717, 1.165) is 19.1 Å². The highest BCUT2D eigenvalue weighted by Gasteiger charge is 2.15.